The summed E-state index contributed by atoms with van der Waals surface area (Å²) in [4.78, 5) is 4.34. The summed E-state index contributed by atoms with van der Waals surface area (Å²) >= 11 is 5.86. The Kier molecular flexibility index (Phi) is 4.88. The number of halogens is 2. The van der Waals surface area contributed by atoms with Crippen molar-refractivity contribution in [2.75, 3.05) is 6.54 Å². The van der Waals surface area contributed by atoms with Crippen molar-refractivity contribution in [3.8, 4) is 0 Å². The number of hydrogen-bond donors (Lipinski definition) is 1. The Labute approximate surface area is 117 Å². The van der Waals surface area contributed by atoms with Crippen LogP contribution in [0.5, 0.6) is 0 Å². The van der Waals surface area contributed by atoms with Crippen LogP contribution in [0, 0.1) is 5.82 Å². The number of nitrogens with one attached hydrogen (secondary N) is 1. The molecular formula is C15H16ClFN2. The minimum atomic E-state index is -0.234. The highest BCUT2D eigenvalue weighted by Gasteiger charge is 2.14. The Morgan fingerprint density at radius 1 is 1.21 bits per heavy atom. The minimum absolute atomic E-state index is 0.0437. The van der Waals surface area contributed by atoms with Crippen molar-refractivity contribution >= 4 is 11.6 Å². The fraction of sp³-hybridized carbons (Fsp3) is 0.267. The van der Waals surface area contributed by atoms with Crippen LogP contribution < -0.4 is 5.32 Å². The number of hydrogen-bond acceptors (Lipinski definition) is 2. The summed E-state index contributed by atoms with van der Waals surface area (Å²) in [6, 6.07) is 10.1. The predicted octanol–water partition coefficient (Wildman–Crippen LogP) is 3.96. The summed E-state index contributed by atoms with van der Waals surface area (Å²) in [5, 5.41) is 4.02. The smallest absolute Gasteiger partial charge is 0.123 e. The lowest BCUT2D eigenvalue weighted by molar-refractivity contribution is 0.582. The number of aromatic nitrogens is 1. The molecule has 1 atom stereocenters. The molecular weight excluding hydrogens is 263 g/mol. The first-order valence-electron chi connectivity index (χ1n) is 6.31. The molecule has 1 aromatic heterocycles. The Balaban J connectivity index is 2.29. The van der Waals surface area contributed by atoms with E-state index < -0.39 is 0 Å². The molecule has 0 aliphatic rings. The molecule has 0 radical (unpaired) electrons. The first-order valence-corrected chi connectivity index (χ1v) is 6.69. The third-order valence-electron chi connectivity index (χ3n) is 2.85. The van der Waals surface area contributed by atoms with Crippen LogP contribution in [0.25, 0.3) is 0 Å². The van der Waals surface area contributed by atoms with Crippen LogP contribution in [0.2, 0.25) is 5.02 Å². The van der Waals surface area contributed by atoms with E-state index in [-0.39, 0.29) is 11.9 Å². The maximum Gasteiger partial charge on any atom is 0.123 e. The number of nitrogens with zero attached hydrogens (tertiary/aromatic N) is 1. The molecule has 0 spiro atoms. The molecule has 2 nitrogen and oxygen atoms in total. The summed E-state index contributed by atoms with van der Waals surface area (Å²) in [5.41, 5.74) is 1.87. The van der Waals surface area contributed by atoms with Gasteiger partial charge in [-0.1, -0.05) is 30.7 Å². The molecule has 1 N–H and O–H groups in total. The van der Waals surface area contributed by atoms with Crippen molar-refractivity contribution in [1.29, 1.82) is 0 Å². The van der Waals surface area contributed by atoms with Crippen LogP contribution in [0.15, 0.2) is 42.6 Å². The predicted molar refractivity (Wildman–Crippen MR) is 75.8 cm³/mol. The van der Waals surface area contributed by atoms with Gasteiger partial charge in [0.05, 0.1) is 16.8 Å². The second-order valence-corrected chi connectivity index (χ2v) is 4.78. The second-order valence-electron chi connectivity index (χ2n) is 4.34. The Hall–Kier alpha value is -1.45. The van der Waals surface area contributed by atoms with E-state index in [1.54, 1.807) is 18.3 Å². The van der Waals surface area contributed by atoms with Crippen molar-refractivity contribution in [2.45, 2.75) is 19.4 Å². The van der Waals surface area contributed by atoms with Gasteiger partial charge in [-0.05, 0) is 42.8 Å². The van der Waals surface area contributed by atoms with Gasteiger partial charge >= 0.3 is 0 Å². The van der Waals surface area contributed by atoms with Crippen LogP contribution >= 0.6 is 11.6 Å². The fourth-order valence-corrected chi connectivity index (χ4v) is 2.01. The van der Waals surface area contributed by atoms with Crippen LogP contribution in [-0.4, -0.2) is 11.5 Å². The first-order chi connectivity index (χ1) is 9.20. The molecule has 4 heteroatoms. The Bertz CT molecular complexity index is 465. The molecule has 0 saturated heterocycles. The molecule has 0 saturated carbocycles. The van der Waals surface area contributed by atoms with E-state index in [0.29, 0.717) is 5.02 Å². The fourth-order valence-electron chi connectivity index (χ4n) is 1.90. The monoisotopic (exact) mass is 278 g/mol. The highest BCUT2D eigenvalue weighted by atomic mass is 35.5. The topological polar surface area (TPSA) is 24.9 Å². The molecule has 1 aromatic carbocycles. The van der Waals surface area contributed by atoms with Gasteiger partial charge in [-0.15, -0.1) is 0 Å². The maximum atomic E-state index is 13.0. The summed E-state index contributed by atoms with van der Waals surface area (Å²) in [6.07, 6.45) is 2.65. The molecule has 1 heterocycles. The summed E-state index contributed by atoms with van der Waals surface area (Å²) in [5.74, 6) is -0.234. The zero-order valence-electron chi connectivity index (χ0n) is 10.7. The zero-order chi connectivity index (χ0) is 13.7. The van der Waals surface area contributed by atoms with E-state index in [2.05, 4.69) is 17.2 Å². The molecule has 2 aromatic rings. The highest BCUT2D eigenvalue weighted by molar-refractivity contribution is 6.30. The molecule has 19 heavy (non-hydrogen) atoms. The molecule has 0 fully saturated rings. The molecule has 2 rings (SSSR count). The van der Waals surface area contributed by atoms with Crippen molar-refractivity contribution < 1.29 is 4.39 Å². The third kappa shape index (κ3) is 3.75. The van der Waals surface area contributed by atoms with Crippen molar-refractivity contribution in [2.24, 2.45) is 0 Å². The maximum absolute atomic E-state index is 13.0. The average molecular weight is 279 g/mol. The quantitative estimate of drug-likeness (QED) is 0.895. The van der Waals surface area contributed by atoms with E-state index in [0.717, 1.165) is 24.2 Å². The van der Waals surface area contributed by atoms with Crippen molar-refractivity contribution in [3.05, 3.63) is 64.7 Å². The molecule has 100 valence electrons. The van der Waals surface area contributed by atoms with E-state index in [9.17, 15) is 4.39 Å². The van der Waals surface area contributed by atoms with Crippen LogP contribution in [0.1, 0.15) is 30.6 Å². The van der Waals surface area contributed by atoms with Crippen molar-refractivity contribution in [1.82, 2.24) is 10.3 Å². The van der Waals surface area contributed by atoms with Gasteiger partial charge in [-0.25, -0.2) is 4.39 Å². The van der Waals surface area contributed by atoms with Crippen LogP contribution in [-0.2, 0) is 0 Å². The minimum Gasteiger partial charge on any atom is -0.305 e. The third-order valence-corrected chi connectivity index (χ3v) is 3.07. The van der Waals surface area contributed by atoms with Gasteiger partial charge < -0.3 is 5.32 Å². The summed E-state index contributed by atoms with van der Waals surface area (Å²) in [6.45, 7) is 2.97. The normalized spacial score (nSPS) is 12.4. The van der Waals surface area contributed by atoms with Gasteiger partial charge in [0, 0.05) is 6.20 Å². The van der Waals surface area contributed by atoms with E-state index in [4.69, 9.17) is 11.6 Å². The van der Waals surface area contributed by atoms with Gasteiger partial charge in [0.25, 0.3) is 0 Å². The zero-order valence-corrected chi connectivity index (χ0v) is 11.5. The Morgan fingerprint density at radius 2 is 1.95 bits per heavy atom. The van der Waals surface area contributed by atoms with Crippen molar-refractivity contribution in [3.63, 3.8) is 0 Å². The highest BCUT2D eigenvalue weighted by Crippen LogP contribution is 2.21. The number of rotatable bonds is 5. The van der Waals surface area contributed by atoms with Gasteiger partial charge in [0.15, 0.2) is 0 Å². The summed E-state index contributed by atoms with van der Waals surface area (Å²) in [7, 11) is 0. The average Bonchev–Trinajstić information content (AvgIpc) is 2.43. The number of pyridine rings is 1. The lowest BCUT2D eigenvalue weighted by atomic mass is 10.0. The second kappa shape index (κ2) is 6.64. The molecule has 0 aliphatic heterocycles. The van der Waals surface area contributed by atoms with E-state index >= 15 is 0 Å². The molecule has 0 aliphatic carbocycles. The van der Waals surface area contributed by atoms with E-state index in [1.807, 2.05) is 12.1 Å². The van der Waals surface area contributed by atoms with Crippen LogP contribution in [0.4, 0.5) is 4.39 Å². The first kappa shape index (κ1) is 14.0. The number of benzene rings is 1. The van der Waals surface area contributed by atoms with Gasteiger partial charge in [0.1, 0.15) is 5.82 Å². The standard InChI is InChI=1S/C15H16ClFN2/c1-2-9-18-15(11-3-6-13(17)7-4-11)14-8-5-12(16)10-19-14/h3-8,10,15,18H,2,9H2,1H3. The van der Waals surface area contributed by atoms with Gasteiger partial charge in [-0.2, -0.15) is 0 Å². The summed E-state index contributed by atoms with van der Waals surface area (Å²) < 4.78 is 13.0. The molecule has 0 bridgehead atoms. The SMILES string of the molecule is CCCNC(c1ccc(F)cc1)c1ccc(Cl)cn1. The van der Waals surface area contributed by atoms with E-state index in [1.165, 1.54) is 12.1 Å². The molecule has 0 amide bonds. The lowest BCUT2D eigenvalue weighted by Crippen LogP contribution is -2.24. The molecule has 1 unspecified atom stereocenters. The largest absolute Gasteiger partial charge is 0.305 e. The van der Waals surface area contributed by atoms with Gasteiger partial charge in [-0.3, -0.25) is 4.98 Å². The van der Waals surface area contributed by atoms with Gasteiger partial charge in [0.2, 0.25) is 0 Å². The Morgan fingerprint density at radius 3 is 2.53 bits per heavy atom. The lowest BCUT2D eigenvalue weighted by Gasteiger charge is -2.18. The van der Waals surface area contributed by atoms with Crippen LogP contribution in [0.3, 0.4) is 0 Å².